The summed E-state index contributed by atoms with van der Waals surface area (Å²) in [5.74, 6) is 0.0456. The third-order valence-electron chi connectivity index (χ3n) is 4.02. The quantitative estimate of drug-likeness (QED) is 0.576. The van der Waals surface area contributed by atoms with Crippen molar-refractivity contribution >= 4 is 27.4 Å². The van der Waals surface area contributed by atoms with Gasteiger partial charge in [0.2, 0.25) is 0 Å². The van der Waals surface area contributed by atoms with E-state index in [0.29, 0.717) is 34.9 Å². The summed E-state index contributed by atoms with van der Waals surface area (Å²) in [6.07, 6.45) is 0. The van der Waals surface area contributed by atoms with Crippen molar-refractivity contribution in [2.45, 2.75) is 20.8 Å². The van der Waals surface area contributed by atoms with Gasteiger partial charge in [-0.25, -0.2) is 10.1 Å². The zero-order valence-corrected chi connectivity index (χ0v) is 17.6. The van der Waals surface area contributed by atoms with Gasteiger partial charge in [-0.15, -0.1) is 0 Å². The molecular weight excluding hydrogens is 371 g/mol. The van der Waals surface area contributed by atoms with E-state index in [9.17, 15) is 9.59 Å². The largest absolute Gasteiger partial charge is 0.683 e. The topological polar surface area (TPSA) is 88.4 Å². The number of esters is 1. The van der Waals surface area contributed by atoms with E-state index in [0.717, 1.165) is 5.56 Å². The standard InChI is InChI=1S/C20H23NO4.CN.Al/c1-12(2)11-21-19(23)14-6-8-15(17(10-14)20(24)25-4)16-7-5-13(3)9-18(16)22;1-2;/h5-10,12,22H,11H2,1-4H3,(H,21,23);;/q;;+1/p-1. The van der Waals surface area contributed by atoms with Crippen molar-refractivity contribution in [1.82, 2.24) is 5.32 Å². The maximum atomic E-state index is 12.4. The van der Waals surface area contributed by atoms with Crippen LogP contribution in [0.1, 0.15) is 40.1 Å². The molecule has 0 aliphatic rings. The van der Waals surface area contributed by atoms with E-state index in [2.05, 4.69) is 5.32 Å². The maximum Gasteiger partial charge on any atom is 0.683 e. The number of ether oxygens (including phenoxy) is 1. The van der Waals surface area contributed by atoms with Gasteiger partial charge in [0, 0.05) is 22.6 Å². The smallest absolute Gasteiger partial charge is 0.637 e. The van der Waals surface area contributed by atoms with Crippen LogP contribution in [-0.4, -0.2) is 41.1 Å². The monoisotopic (exact) mass is 393 g/mol. The predicted octanol–water partition coefficient (Wildman–Crippen LogP) is 3.31. The molecule has 1 amide bonds. The summed E-state index contributed by atoms with van der Waals surface area (Å²) in [6.45, 7) is 6.47. The fourth-order valence-corrected chi connectivity index (χ4v) is 3.01. The number of benzene rings is 2. The van der Waals surface area contributed by atoms with Crippen LogP contribution >= 0.6 is 0 Å². The summed E-state index contributed by atoms with van der Waals surface area (Å²) in [5, 5.41) is 11.7. The molecule has 0 heterocycles. The highest BCUT2D eigenvalue weighted by Gasteiger charge is 2.19. The minimum Gasteiger partial charge on any atom is -0.637 e. The highest BCUT2D eigenvalue weighted by Crippen LogP contribution is 2.34. The first-order chi connectivity index (χ1) is 13.4. The number of amides is 1. The molecule has 0 saturated heterocycles. The Bertz CT molecular complexity index is 919. The molecule has 0 aliphatic heterocycles. The minimum atomic E-state index is -0.864. The first-order valence-corrected chi connectivity index (χ1v) is 9.91. The molecule has 0 aliphatic carbocycles. The van der Waals surface area contributed by atoms with E-state index < -0.39 is 21.5 Å². The van der Waals surface area contributed by atoms with Crippen molar-refractivity contribution in [2.75, 3.05) is 13.7 Å². The number of aryl methyl sites for hydroxylation is 1. The molecule has 0 aromatic heterocycles. The van der Waals surface area contributed by atoms with Crippen LogP contribution in [0.3, 0.4) is 0 Å². The van der Waals surface area contributed by atoms with Gasteiger partial charge in [0.25, 0.3) is 5.91 Å². The van der Waals surface area contributed by atoms with Gasteiger partial charge < -0.3 is 13.8 Å². The van der Waals surface area contributed by atoms with Gasteiger partial charge in [-0.05, 0) is 42.2 Å². The van der Waals surface area contributed by atoms with Crippen LogP contribution in [0.4, 0.5) is 0 Å². The Morgan fingerprint density at radius 1 is 1.18 bits per heavy atom. The molecule has 0 fully saturated rings. The first-order valence-electron chi connectivity index (χ1n) is 8.87. The molecule has 2 rings (SSSR count). The number of rotatable bonds is 7. The van der Waals surface area contributed by atoms with E-state index in [1.165, 1.54) is 13.2 Å². The molecule has 2 aromatic carbocycles. The number of methoxy groups -OCH3 is 1. The van der Waals surface area contributed by atoms with E-state index >= 15 is 0 Å². The Hall–Kier alpha value is -2.80. The van der Waals surface area contributed by atoms with Gasteiger partial charge in [-0.2, -0.15) is 0 Å². The average molecular weight is 393 g/mol. The van der Waals surface area contributed by atoms with Crippen LogP contribution in [0.25, 0.3) is 11.1 Å². The fraction of sp³-hybridized carbons (Fsp3) is 0.286. The fourth-order valence-electron chi connectivity index (χ4n) is 2.64. The van der Waals surface area contributed by atoms with Crippen molar-refractivity contribution in [3.05, 3.63) is 53.1 Å². The van der Waals surface area contributed by atoms with Crippen molar-refractivity contribution in [3.63, 3.8) is 0 Å². The Morgan fingerprint density at radius 2 is 1.89 bits per heavy atom. The highest BCUT2D eigenvalue weighted by molar-refractivity contribution is 6.38. The van der Waals surface area contributed by atoms with E-state index in [1.54, 1.807) is 12.1 Å². The second-order valence-corrected chi connectivity index (χ2v) is 7.45. The average Bonchev–Trinajstić information content (AvgIpc) is 2.69. The lowest BCUT2D eigenvalue weighted by Crippen LogP contribution is -2.27. The lowest BCUT2D eigenvalue weighted by Gasteiger charge is -2.16. The van der Waals surface area contributed by atoms with E-state index in [4.69, 9.17) is 13.8 Å². The number of nitrogens with zero attached hydrogens (tertiary/aromatic N) is 1. The first kappa shape index (κ1) is 21.5. The summed E-state index contributed by atoms with van der Waals surface area (Å²) < 4.78 is 10.5. The van der Waals surface area contributed by atoms with Crippen LogP contribution < -0.4 is 9.11 Å². The summed E-state index contributed by atoms with van der Waals surface area (Å²) in [5.41, 5.74) is 2.87. The van der Waals surface area contributed by atoms with Crippen molar-refractivity contribution in [1.29, 1.82) is 5.26 Å². The highest BCUT2D eigenvalue weighted by atomic mass is 27.1. The van der Waals surface area contributed by atoms with E-state index in [1.807, 2.05) is 43.9 Å². The molecule has 0 unspecified atom stereocenters. The number of nitriles is 1. The molecule has 6 nitrogen and oxygen atoms in total. The third kappa shape index (κ3) is 5.36. The van der Waals surface area contributed by atoms with Crippen LogP contribution in [-0.2, 0) is 4.74 Å². The van der Waals surface area contributed by atoms with Gasteiger partial charge in [-0.1, -0.05) is 32.0 Å². The lowest BCUT2D eigenvalue weighted by molar-refractivity contribution is 0.0601. The zero-order chi connectivity index (χ0) is 20.7. The number of hydrogen-bond acceptors (Lipinski definition) is 5. The van der Waals surface area contributed by atoms with Crippen molar-refractivity contribution in [2.24, 2.45) is 5.92 Å². The molecule has 0 saturated carbocycles. The summed E-state index contributed by atoms with van der Waals surface area (Å²) in [4.78, 5) is 26.8. The second-order valence-electron chi connectivity index (χ2n) is 6.72. The minimum absolute atomic E-state index is 0.250. The predicted molar refractivity (Wildman–Crippen MR) is 107 cm³/mol. The number of carbonyl (C=O) groups is 2. The van der Waals surface area contributed by atoms with Gasteiger partial charge in [0.15, 0.2) is 0 Å². The number of carbonyl (C=O) groups excluding carboxylic acids is 2. The molecule has 1 radical (unpaired) electrons. The Kier molecular flexibility index (Phi) is 7.63. The van der Waals surface area contributed by atoms with E-state index in [-0.39, 0.29) is 11.5 Å². The van der Waals surface area contributed by atoms with Crippen LogP contribution in [0, 0.1) is 23.0 Å². The van der Waals surface area contributed by atoms with Gasteiger partial charge in [0.05, 0.1) is 18.4 Å². The molecule has 28 heavy (non-hydrogen) atoms. The summed E-state index contributed by atoms with van der Waals surface area (Å²) >= 11 is -0.864. The molecule has 143 valence electrons. The third-order valence-corrected chi connectivity index (χ3v) is 4.50. The number of nitrogens with one attached hydrogen (secondary N) is 1. The Balaban J connectivity index is 2.52. The summed E-state index contributed by atoms with van der Waals surface area (Å²) in [6, 6.07) is 10.4. The SMILES string of the molecule is COC(=O)c1cc(C(=O)NCC(C)C)ccc1-c1ccc(C)cc1[O][Al][C]#N. The molecular formula is C21H22AlN2O4. The van der Waals surface area contributed by atoms with Gasteiger partial charge in [0.1, 0.15) is 0 Å². The molecule has 7 heteroatoms. The maximum absolute atomic E-state index is 12.4. The molecule has 0 bridgehead atoms. The van der Waals surface area contributed by atoms with Gasteiger partial charge in [-0.3, -0.25) is 4.79 Å². The molecule has 2 aromatic rings. The van der Waals surface area contributed by atoms with Crippen LogP contribution in [0.2, 0.25) is 0 Å². The number of hydrogen-bond donors (Lipinski definition) is 1. The van der Waals surface area contributed by atoms with Crippen molar-refractivity contribution in [3.8, 4) is 21.8 Å². The second kappa shape index (κ2) is 9.94. The zero-order valence-electron chi connectivity index (χ0n) is 16.4. The Labute approximate surface area is 171 Å². The summed E-state index contributed by atoms with van der Waals surface area (Å²) in [7, 11) is 1.30. The van der Waals surface area contributed by atoms with Gasteiger partial charge >= 0.3 is 21.5 Å². The normalized spacial score (nSPS) is 10.1. The van der Waals surface area contributed by atoms with Crippen molar-refractivity contribution < 1.29 is 18.1 Å². The Morgan fingerprint density at radius 3 is 2.54 bits per heavy atom. The van der Waals surface area contributed by atoms with Crippen LogP contribution in [0.15, 0.2) is 36.4 Å². The van der Waals surface area contributed by atoms with Crippen LogP contribution in [0.5, 0.6) is 5.75 Å². The molecule has 0 atom stereocenters. The molecule has 0 spiro atoms. The molecule has 1 N–H and O–H groups in total. The lowest BCUT2D eigenvalue weighted by atomic mass is 9.95.